The van der Waals surface area contributed by atoms with Crippen LogP contribution in [-0.4, -0.2) is 280 Å². The number of rotatable bonds is 22. The number of ether oxygens (including phenoxy) is 3. The van der Waals surface area contributed by atoms with Crippen LogP contribution in [0.5, 0.6) is 6.01 Å². The number of carbonyl (C=O) groups excluding carboxylic acids is 5. The number of piperazine rings is 3. The van der Waals surface area contributed by atoms with E-state index in [9.17, 15) is 24.0 Å². The average molecular weight is 1820 g/mol. The molecule has 0 spiro atoms. The van der Waals surface area contributed by atoms with Crippen molar-refractivity contribution in [2.45, 2.75) is 54.1 Å². The number of anilines is 6. The van der Waals surface area contributed by atoms with E-state index in [2.05, 4.69) is 181 Å². The van der Waals surface area contributed by atoms with Crippen LogP contribution in [0, 0.1) is 0 Å². The molecule has 3 aliphatic heterocycles. The predicted molar refractivity (Wildman–Crippen MR) is 514 cm³/mol. The second-order valence-corrected chi connectivity index (χ2v) is 31.8. The lowest BCUT2D eigenvalue weighted by Gasteiger charge is -2.36. The van der Waals surface area contributed by atoms with Gasteiger partial charge in [-0.3, -0.25) is 45.9 Å². The molecule has 690 valence electrons. The summed E-state index contributed by atoms with van der Waals surface area (Å²) in [7, 11) is 5.77. The van der Waals surface area contributed by atoms with Gasteiger partial charge in [0.05, 0.1) is 77.1 Å². The van der Waals surface area contributed by atoms with Crippen molar-refractivity contribution in [2.75, 3.05) is 151 Å². The number of likely N-dealkylation sites (N-methyl/N-ethyl adjacent to an activating group) is 2. The van der Waals surface area contributed by atoms with Gasteiger partial charge >= 0.3 is 30.3 Å². The number of carbonyl (C=O) groups is 5. The van der Waals surface area contributed by atoms with E-state index in [4.69, 9.17) is 14.2 Å². The summed E-state index contributed by atoms with van der Waals surface area (Å²) in [4.78, 5) is 162. The number of aromatic amines is 4. The maximum Gasteiger partial charge on any atom is 0.413 e. The number of urea groups is 2. The van der Waals surface area contributed by atoms with Crippen LogP contribution in [0.1, 0.15) is 47.2 Å². The summed E-state index contributed by atoms with van der Waals surface area (Å²) >= 11 is 0. The fourth-order valence-electron chi connectivity index (χ4n) is 15.5. The first-order valence-electron chi connectivity index (χ1n) is 44.1. The number of H-pyrrole nitrogens is 4. The van der Waals surface area contributed by atoms with E-state index in [1.165, 1.54) is 7.11 Å². The van der Waals surface area contributed by atoms with Gasteiger partial charge in [-0.15, -0.1) is 0 Å². The van der Waals surface area contributed by atoms with Gasteiger partial charge < -0.3 is 69.3 Å². The Morgan fingerprint density at radius 2 is 0.822 bits per heavy atom. The fraction of sp³-hybridized carbons (Fsp3) is 0.277. The van der Waals surface area contributed by atoms with Crippen LogP contribution >= 0.6 is 0 Å². The zero-order valence-corrected chi connectivity index (χ0v) is 75.8. The summed E-state index contributed by atoms with van der Waals surface area (Å²) in [5.74, 6) is 4.26. The van der Waals surface area contributed by atoms with E-state index in [-0.39, 0.29) is 49.2 Å². The molecule has 135 heavy (non-hydrogen) atoms. The minimum atomic E-state index is -0.587. The van der Waals surface area contributed by atoms with Gasteiger partial charge in [-0.25, -0.2) is 89.0 Å². The largest absolute Gasteiger partial charge is 0.467 e. The number of hydrogen-bond donors (Lipinski definition) is 10. The Bertz CT molecular complexity index is 6590. The van der Waals surface area contributed by atoms with E-state index in [1.807, 2.05) is 142 Å². The maximum absolute atomic E-state index is 12.4. The van der Waals surface area contributed by atoms with Gasteiger partial charge in [0.25, 0.3) is 0 Å². The number of benzene rings is 4. The molecule has 19 rings (SSSR count). The predicted octanol–water partition coefficient (Wildman–Crippen LogP) is 12.7. The minimum Gasteiger partial charge on any atom is -0.467 e. The average Bonchev–Trinajstić information content (AvgIpc) is 1.67. The van der Waals surface area contributed by atoms with Crippen LogP contribution in [-0.2, 0) is 20.8 Å². The SMILES string of the molecule is CCNC(=O)Nc1nc2c(-c3cc(N4CCN(C)CC4)ncn3)cc(-c3cccnc3)cc2[nH]1.CCNC(=O)Nc1nc2c(-c3ncccn3)cc(-c3cnc(OC)nc3)cc2[nH]1.CCOC(=O)Nc1nc2c(-c3cc(N4CCN(C)CC4)ncn3)cc(-c3cccnc3)cc2[nH]1.CCOC(=O)Nc1nc2c(-c3ncccn3)cc(-c3ccc(CN4CCN(C(C)C)C(=O)C4)nc3)cc2[nH]1. The molecule has 4 aromatic carbocycles. The fourth-order valence-corrected chi connectivity index (χ4v) is 15.5. The number of nitrogens with zero attached hydrogens (tertiary/aromatic N) is 23. The quantitative estimate of drug-likeness (QED) is 0.0301. The highest BCUT2D eigenvalue weighted by molar-refractivity contribution is 6.02. The minimum absolute atomic E-state index is 0.156. The maximum atomic E-state index is 12.4. The highest BCUT2D eigenvalue weighted by atomic mass is 16.6. The van der Waals surface area contributed by atoms with E-state index >= 15 is 0 Å². The molecule has 3 saturated heterocycles. The van der Waals surface area contributed by atoms with Gasteiger partial charge in [-0.05, 0) is 157 Å². The van der Waals surface area contributed by atoms with E-state index in [1.54, 1.807) is 88.2 Å². The molecule has 0 aliphatic carbocycles. The number of amides is 7. The van der Waals surface area contributed by atoms with Crippen LogP contribution in [0.15, 0.2) is 190 Å². The van der Waals surface area contributed by atoms with Crippen molar-refractivity contribution < 1.29 is 38.2 Å². The van der Waals surface area contributed by atoms with Crippen LogP contribution in [0.3, 0.4) is 0 Å². The van der Waals surface area contributed by atoms with E-state index in [0.717, 1.165) is 172 Å². The second kappa shape index (κ2) is 43.0. The Morgan fingerprint density at radius 3 is 1.21 bits per heavy atom. The number of nitrogens with one attached hydrogen (secondary N) is 10. The zero-order chi connectivity index (χ0) is 93.9. The van der Waals surface area contributed by atoms with Crippen molar-refractivity contribution in [3.63, 3.8) is 0 Å². The Kier molecular flexibility index (Phi) is 29.2. The van der Waals surface area contributed by atoms with Crippen molar-refractivity contribution in [1.29, 1.82) is 0 Å². The number of fused-ring (bicyclic) bond motifs is 4. The van der Waals surface area contributed by atoms with Crippen molar-refractivity contribution in [1.82, 2.24) is 135 Å². The summed E-state index contributed by atoms with van der Waals surface area (Å²) in [5, 5.41) is 16.1. The third-order valence-corrected chi connectivity index (χ3v) is 22.2. The van der Waals surface area contributed by atoms with Gasteiger partial charge in [0, 0.05) is 216 Å². The van der Waals surface area contributed by atoms with Crippen molar-refractivity contribution in [2.24, 2.45) is 0 Å². The summed E-state index contributed by atoms with van der Waals surface area (Å²) < 4.78 is 15.0. The zero-order valence-electron chi connectivity index (χ0n) is 75.8. The van der Waals surface area contributed by atoms with Crippen LogP contribution in [0.2, 0.25) is 0 Å². The van der Waals surface area contributed by atoms with E-state index < -0.39 is 12.2 Å². The summed E-state index contributed by atoms with van der Waals surface area (Å²) in [6.45, 7) is 23.0. The number of aromatic nitrogens is 21. The van der Waals surface area contributed by atoms with Gasteiger partial charge in [-0.2, -0.15) is 0 Å². The Balaban J connectivity index is 0.000000131. The van der Waals surface area contributed by atoms with Crippen molar-refractivity contribution in [3.05, 3.63) is 196 Å². The highest BCUT2D eigenvalue weighted by Crippen LogP contribution is 2.39. The normalized spacial score (nSPS) is 13.6. The second-order valence-electron chi connectivity index (χ2n) is 31.8. The molecule has 16 aromatic rings. The molecule has 3 aliphatic rings. The molecule has 12 aromatic heterocycles. The molecule has 41 nitrogen and oxygen atoms in total. The summed E-state index contributed by atoms with van der Waals surface area (Å²) in [5.41, 5.74) is 18.5. The third-order valence-electron chi connectivity index (χ3n) is 22.2. The first kappa shape index (κ1) is 91.7. The smallest absolute Gasteiger partial charge is 0.413 e. The molecular weight excluding hydrogens is 1720 g/mol. The van der Waals surface area contributed by atoms with Crippen molar-refractivity contribution in [3.8, 4) is 95.8 Å². The first-order valence-corrected chi connectivity index (χ1v) is 44.1. The van der Waals surface area contributed by atoms with Crippen LogP contribution in [0.4, 0.5) is 54.6 Å². The highest BCUT2D eigenvalue weighted by Gasteiger charge is 2.28. The Hall–Kier alpha value is -16.6. The van der Waals surface area contributed by atoms with Gasteiger partial charge in [0.1, 0.15) is 35.3 Å². The van der Waals surface area contributed by atoms with Crippen molar-refractivity contribution >= 4 is 110 Å². The van der Waals surface area contributed by atoms with Crippen LogP contribution in [0.25, 0.3) is 134 Å². The van der Waals surface area contributed by atoms with Gasteiger partial charge in [0.2, 0.25) is 29.7 Å². The van der Waals surface area contributed by atoms with E-state index in [0.29, 0.717) is 88.8 Å². The molecule has 0 bridgehead atoms. The molecular formula is C94H101N33O8. The third kappa shape index (κ3) is 22.7. The number of methoxy groups -OCH3 is 1. The lowest BCUT2D eigenvalue weighted by atomic mass is 10.0. The standard InChI is InChI=1S/C27H30N8O3.C24H27N9O.C24H26N8O2.C19H18N8O2/c1-4-38-27(37)33-26-31-22-13-19(12-21(24(22)32-26)25-28-8-5-9-29-25)18-6-7-20(30-14-18)15-34-10-11-35(17(2)3)23(36)16-34;1-3-26-24(34)31-23-29-20-12-17(16-5-4-6-25-14-16)11-18(22(20)30-23)19-13-21(28-15-27-19)33-9-7-32(2)8-10-33;1-3-34-24(33)30-23-28-20-12-17(16-5-4-6-25-14-16)11-18(22(20)29-23)19-13-21(27-15-26-19)32-9-7-31(2)8-10-32;1-3-20-18(28)27-17-25-14-8-11(12-9-23-19(29-2)24-10-12)7-13(15(14)26-17)16-21-5-4-6-22-16/h5-9,12-14,17H,4,10-11,15-16H2,1-3H3,(H2,31,32,33,37);4-6,11-15H,3,7-10H2,1-2H3,(H3,26,29,30,31,34);4-6,11-15H,3,7-10H2,1-2H3,(H2,28,29,30,33);4-10H,3H2,1-2H3,(H3,20,25,26,27,28). The Labute approximate surface area is 775 Å². The Morgan fingerprint density at radius 1 is 0.415 bits per heavy atom. The summed E-state index contributed by atoms with van der Waals surface area (Å²) in [6, 6.07) is 35.0. The molecule has 0 saturated carbocycles. The molecule has 15 heterocycles. The lowest BCUT2D eigenvalue weighted by molar-refractivity contribution is -0.138. The number of imidazole rings is 4. The topological polar surface area (TPSA) is 487 Å². The summed E-state index contributed by atoms with van der Waals surface area (Å²) in [6.07, 6.45) is 21.0. The lowest BCUT2D eigenvalue weighted by Crippen LogP contribution is -2.52. The molecule has 7 amide bonds. The number of pyridine rings is 3. The molecule has 0 atom stereocenters. The monoisotopic (exact) mass is 1820 g/mol. The van der Waals surface area contributed by atoms with Crippen LogP contribution < -0.4 is 46.4 Å². The molecule has 0 unspecified atom stereocenters. The molecule has 0 radical (unpaired) electrons. The molecule has 10 N–H and O–H groups in total. The molecule has 3 fully saturated rings. The molecule has 41 heteroatoms. The first-order chi connectivity index (χ1) is 65.8. The van der Waals surface area contributed by atoms with Gasteiger partial charge in [0.15, 0.2) is 11.6 Å². The van der Waals surface area contributed by atoms with Gasteiger partial charge in [-0.1, -0.05) is 18.2 Å². The number of hydrogen-bond acceptors (Lipinski definition) is 30.